The third kappa shape index (κ3) is 2.42. The molecule has 0 fully saturated rings. The molecule has 3 nitrogen and oxygen atoms in total. The van der Waals surface area contributed by atoms with Gasteiger partial charge in [-0.05, 0) is 39.1 Å². The highest BCUT2D eigenvalue weighted by Gasteiger charge is 2.25. The number of rotatable bonds is 3. The highest BCUT2D eigenvalue weighted by molar-refractivity contribution is 6.30. The molecule has 0 aliphatic carbocycles. The Kier molecular flexibility index (Phi) is 3.56. The minimum absolute atomic E-state index is 0.193. The molecule has 1 aromatic rings. The van der Waals surface area contributed by atoms with Crippen molar-refractivity contribution < 1.29 is 4.74 Å². The number of halogens is 1. The Hall–Kier alpha value is -0.930. The van der Waals surface area contributed by atoms with Crippen LogP contribution in [0.5, 0.6) is 5.75 Å². The lowest BCUT2D eigenvalue weighted by Crippen LogP contribution is -2.40. The van der Waals surface area contributed by atoms with Gasteiger partial charge in [-0.2, -0.15) is 0 Å². The van der Waals surface area contributed by atoms with E-state index in [0.29, 0.717) is 11.1 Å². The Balaban J connectivity index is 2.13. The number of benzene rings is 1. The third-order valence-electron chi connectivity index (χ3n) is 2.84. The van der Waals surface area contributed by atoms with E-state index in [9.17, 15) is 0 Å². The Morgan fingerprint density at radius 1 is 1.50 bits per heavy atom. The number of hydrogen-bond acceptors (Lipinski definition) is 3. The van der Waals surface area contributed by atoms with E-state index in [4.69, 9.17) is 16.3 Å². The first-order chi connectivity index (χ1) is 7.70. The van der Waals surface area contributed by atoms with Crippen LogP contribution in [-0.4, -0.2) is 25.7 Å². The fourth-order valence-electron chi connectivity index (χ4n) is 1.91. The standard InChI is InChI=1S/C12H17ClN2O/c1-8-11(5-6-14-2)16-12-7-9(13)3-4-10(12)15-8/h3-4,7-8,11,14-15H,5-6H2,1-2H3. The molecule has 2 atom stereocenters. The monoisotopic (exact) mass is 240 g/mol. The Labute approximate surface area is 101 Å². The van der Waals surface area contributed by atoms with Crippen molar-refractivity contribution >= 4 is 17.3 Å². The van der Waals surface area contributed by atoms with Gasteiger partial charge in [-0.15, -0.1) is 0 Å². The summed E-state index contributed by atoms with van der Waals surface area (Å²) >= 11 is 5.94. The Bertz CT molecular complexity index is 370. The zero-order chi connectivity index (χ0) is 11.5. The molecule has 2 rings (SSSR count). The fraction of sp³-hybridized carbons (Fsp3) is 0.500. The molecule has 16 heavy (non-hydrogen) atoms. The number of ether oxygens (including phenoxy) is 1. The van der Waals surface area contributed by atoms with Crippen LogP contribution in [0.15, 0.2) is 18.2 Å². The van der Waals surface area contributed by atoms with E-state index in [-0.39, 0.29) is 6.10 Å². The normalized spacial score (nSPS) is 23.2. The molecule has 0 amide bonds. The van der Waals surface area contributed by atoms with Crippen molar-refractivity contribution in [3.05, 3.63) is 23.2 Å². The highest BCUT2D eigenvalue weighted by Crippen LogP contribution is 2.34. The summed E-state index contributed by atoms with van der Waals surface area (Å²) in [5.74, 6) is 0.853. The van der Waals surface area contributed by atoms with Crippen LogP contribution in [0, 0.1) is 0 Å². The van der Waals surface area contributed by atoms with Crippen LogP contribution in [0.1, 0.15) is 13.3 Å². The van der Waals surface area contributed by atoms with Gasteiger partial charge in [0.05, 0.1) is 11.7 Å². The van der Waals surface area contributed by atoms with Gasteiger partial charge in [0.1, 0.15) is 11.9 Å². The first-order valence-electron chi connectivity index (χ1n) is 5.58. The molecule has 0 saturated heterocycles. The summed E-state index contributed by atoms with van der Waals surface area (Å²) in [6.07, 6.45) is 1.18. The maximum Gasteiger partial charge on any atom is 0.144 e. The third-order valence-corrected chi connectivity index (χ3v) is 3.08. The van der Waals surface area contributed by atoms with Crippen LogP contribution in [0.25, 0.3) is 0 Å². The van der Waals surface area contributed by atoms with Crippen molar-refractivity contribution in [3.8, 4) is 5.75 Å². The average Bonchev–Trinajstić information content (AvgIpc) is 2.27. The van der Waals surface area contributed by atoms with Gasteiger partial charge in [-0.3, -0.25) is 0 Å². The van der Waals surface area contributed by atoms with Crippen LogP contribution in [0.3, 0.4) is 0 Å². The molecule has 2 unspecified atom stereocenters. The maximum absolute atomic E-state index is 5.94. The van der Waals surface area contributed by atoms with Crippen molar-refractivity contribution in [2.24, 2.45) is 0 Å². The summed E-state index contributed by atoms with van der Waals surface area (Å²) in [7, 11) is 1.95. The molecule has 1 aliphatic heterocycles. The van der Waals surface area contributed by atoms with Gasteiger partial charge in [-0.25, -0.2) is 0 Å². The van der Waals surface area contributed by atoms with Gasteiger partial charge in [0, 0.05) is 11.1 Å². The van der Waals surface area contributed by atoms with E-state index in [0.717, 1.165) is 24.4 Å². The molecule has 88 valence electrons. The summed E-state index contributed by atoms with van der Waals surface area (Å²) in [6.45, 7) is 3.09. The van der Waals surface area contributed by atoms with Crippen molar-refractivity contribution in [1.82, 2.24) is 5.32 Å². The summed E-state index contributed by atoms with van der Waals surface area (Å²) in [5.41, 5.74) is 1.03. The number of hydrogen-bond donors (Lipinski definition) is 2. The number of anilines is 1. The summed E-state index contributed by atoms with van der Waals surface area (Å²) in [6, 6.07) is 6.02. The average molecular weight is 241 g/mol. The molecular formula is C12H17ClN2O. The second kappa shape index (κ2) is 4.93. The first-order valence-corrected chi connectivity index (χ1v) is 5.96. The van der Waals surface area contributed by atoms with Crippen molar-refractivity contribution in [2.45, 2.75) is 25.5 Å². The van der Waals surface area contributed by atoms with Crippen LogP contribution < -0.4 is 15.4 Å². The SMILES string of the molecule is CNCCC1Oc2cc(Cl)ccc2NC1C. The lowest BCUT2D eigenvalue weighted by Gasteiger charge is -2.33. The second-order valence-corrected chi connectivity index (χ2v) is 4.56. The molecular weight excluding hydrogens is 224 g/mol. The van der Waals surface area contributed by atoms with Crippen molar-refractivity contribution in [3.63, 3.8) is 0 Å². The molecule has 1 aliphatic rings. The zero-order valence-corrected chi connectivity index (χ0v) is 10.3. The molecule has 4 heteroatoms. The van der Waals surface area contributed by atoms with Crippen LogP contribution >= 0.6 is 11.6 Å². The van der Waals surface area contributed by atoms with Gasteiger partial charge in [-0.1, -0.05) is 11.6 Å². The maximum atomic E-state index is 5.94. The minimum Gasteiger partial charge on any atom is -0.486 e. The van der Waals surface area contributed by atoms with E-state index in [1.807, 2.05) is 25.2 Å². The van der Waals surface area contributed by atoms with Gasteiger partial charge in [0.25, 0.3) is 0 Å². The summed E-state index contributed by atoms with van der Waals surface area (Å²) in [4.78, 5) is 0. The van der Waals surface area contributed by atoms with Gasteiger partial charge in [0.2, 0.25) is 0 Å². The highest BCUT2D eigenvalue weighted by atomic mass is 35.5. The van der Waals surface area contributed by atoms with Gasteiger partial charge >= 0.3 is 0 Å². The van der Waals surface area contributed by atoms with E-state index in [1.54, 1.807) is 0 Å². The largest absolute Gasteiger partial charge is 0.486 e. The molecule has 2 N–H and O–H groups in total. The predicted octanol–water partition coefficient (Wildman–Crippen LogP) is 2.51. The first kappa shape index (κ1) is 11.6. The fourth-order valence-corrected chi connectivity index (χ4v) is 2.07. The van der Waals surface area contributed by atoms with E-state index in [1.165, 1.54) is 0 Å². The summed E-state index contributed by atoms with van der Waals surface area (Å²) in [5, 5.41) is 7.28. The molecule has 1 aromatic carbocycles. The lowest BCUT2D eigenvalue weighted by molar-refractivity contribution is 0.165. The van der Waals surface area contributed by atoms with Crippen LogP contribution in [0.2, 0.25) is 5.02 Å². The molecule has 0 radical (unpaired) electrons. The van der Waals surface area contributed by atoms with Crippen LogP contribution in [-0.2, 0) is 0 Å². The molecule has 0 aromatic heterocycles. The Morgan fingerprint density at radius 3 is 3.06 bits per heavy atom. The van der Waals surface area contributed by atoms with Crippen molar-refractivity contribution in [2.75, 3.05) is 18.9 Å². The number of nitrogens with one attached hydrogen (secondary N) is 2. The molecule has 0 bridgehead atoms. The number of fused-ring (bicyclic) bond motifs is 1. The minimum atomic E-state index is 0.193. The molecule has 1 heterocycles. The summed E-state index contributed by atoms with van der Waals surface area (Å²) < 4.78 is 5.94. The van der Waals surface area contributed by atoms with E-state index in [2.05, 4.69) is 17.6 Å². The van der Waals surface area contributed by atoms with E-state index < -0.39 is 0 Å². The topological polar surface area (TPSA) is 33.3 Å². The lowest BCUT2D eigenvalue weighted by atomic mass is 10.1. The Morgan fingerprint density at radius 2 is 2.31 bits per heavy atom. The zero-order valence-electron chi connectivity index (χ0n) is 9.59. The van der Waals surface area contributed by atoms with Crippen molar-refractivity contribution in [1.29, 1.82) is 0 Å². The second-order valence-electron chi connectivity index (χ2n) is 4.12. The van der Waals surface area contributed by atoms with Gasteiger partial charge in [0.15, 0.2) is 0 Å². The predicted molar refractivity (Wildman–Crippen MR) is 67.5 cm³/mol. The van der Waals surface area contributed by atoms with Gasteiger partial charge < -0.3 is 15.4 Å². The smallest absolute Gasteiger partial charge is 0.144 e. The van der Waals surface area contributed by atoms with Crippen LogP contribution in [0.4, 0.5) is 5.69 Å². The molecule has 0 saturated carbocycles. The molecule has 0 spiro atoms. The quantitative estimate of drug-likeness (QED) is 0.852. The van der Waals surface area contributed by atoms with E-state index >= 15 is 0 Å².